The van der Waals surface area contributed by atoms with Crippen molar-refractivity contribution in [2.24, 2.45) is 0 Å². The zero-order valence-corrected chi connectivity index (χ0v) is 16.3. The van der Waals surface area contributed by atoms with E-state index in [4.69, 9.17) is 9.47 Å². The second kappa shape index (κ2) is 10.6. The molecule has 5 heteroatoms. The van der Waals surface area contributed by atoms with E-state index in [9.17, 15) is 9.90 Å². The minimum Gasteiger partial charge on any atom is -0.497 e. The van der Waals surface area contributed by atoms with E-state index in [2.05, 4.69) is 5.32 Å². The molecule has 2 aromatic carbocycles. The first-order valence-electron chi connectivity index (χ1n) is 9.32. The number of carbonyl (C=O) groups excluding carboxylic acids is 1. The highest BCUT2D eigenvalue weighted by molar-refractivity contribution is 5.75. The van der Waals surface area contributed by atoms with Crippen LogP contribution in [0.25, 0.3) is 0 Å². The van der Waals surface area contributed by atoms with Gasteiger partial charge in [-0.05, 0) is 62.1 Å². The lowest BCUT2D eigenvalue weighted by atomic mass is 10.1. The fourth-order valence-electron chi connectivity index (χ4n) is 2.73. The average molecular weight is 371 g/mol. The Hall–Kier alpha value is -2.53. The van der Waals surface area contributed by atoms with Gasteiger partial charge in [-0.2, -0.15) is 0 Å². The van der Waals surface area contributed by atoms with Crippen LogP contribution >= 0.6 is 0 Å². The van der Waals surface area contributed by atoms with E-state index in [0.29, 0.717) is 12.2 Å². The predicted molar refractivity (Wildman–Crippen MR) is 106 cm³/mol. The summed E-state index contributed by atoms with van der Waals surface area (Å²) in [4.78, 5) is 12.0. The number of hydrogen-bond acceptors (Lipinski definition) is 4. The van der Waals surface area contributed by atoms with Crippen molar-refractivity contribution in [3.63, 3.8) is 0 Å². The number of aryl methyl sites for hydroxylation is 1. The molecule has 2 rings (SSSR count). The molecule has 5 nitrogen and oxygen atoms in total. The summed E-state index contributed by atoms with van der Waals surface area (Å²) in [5.74, 6) is 1.48. The molecule has 0 aliphatic carbocycles. The third-order valence-electron chi connectivity index (χ3n) is 4.14. The topological polar surface area (TPSA) is 67.8 Å². The summed E-state index contributed by atoms with van der Waals surface area (Å²) in [6, 6.07) is 15.2. The van der Waals surface area contributed by atoms with Crippen molar-refractivity contribution in [2.45, 2.75) is 45.3 Å². The van der Waals surface area contributed by atoms with Gasteiger partial charge < -0.3 is 19.9 Å². The van der Waals surface area contributed by atoms with Crippen molar-refractivity contribution in [1.82, 2.24) is 5.32 Å². The summed E-state index contributed by atoms with van der Waals surface area (Å²) in [5.41, 5.74) is 1.90. The van der Waals surface area contributed by atoms with Crippen molar-refractivity contribution in [3.05, 3.63) is 59.7 Å². The van der Waals surface area contributed by atoms with E-state index in [1.54, 1.807) is 13.2 Å². The van der Waals surface area contributed by atoms with Gasteiger partial charge in [0.25, 0.3) is 0 Å². The van der Waals surface area contributed by atoms with Crippen LogP contribution < -0.4 is 14.8 Å². The third kappa shape index (κ3) is 7.31. The largest absolute Gasteiger partial charge is 0.497 e. The molecule has 1 atom stereocenters. The Morgan fingerprint density at radius 1 is 1.11 bits per heavy atom. The molecule has 0 saturated carbocycles. The molecule has 0 saturated heterocycles. The van der Waals surface area contributed by atoms with Crippen LogP contribution in [0.1, 0.15) is 43.9 Å². The number of benzene rings is 2. The lowest BCUT2D eigenvalue weighted by Gasteiger charge is -2.15. The molecule has 0 aliphatic heterocycles. The SMILES string of the molecule is COc1ccc(CCCC(=O)NCC(O)c2cccc(OC(C)C)c2)cc1. The lowest BCUT2D eigenvalue weighted by Crippen LogP contribution is -2.28. The number of amides is 1. The second-order valence-corrected chi connectivity index (χ2v) is 6.76. The van der Waals surface area contributed by atoms with Gasteiger partial charge in [-0.25, -0.2) is 0 Å². The van der Waals surface area contributed by atoms with E-state index in [1.165, 1.54) is 5.56 Å². The van der Waals surface area contributed by atoms with Crippen LogP contribution in [0.2, 0.25) is 0 Å². The molecular weight excluding hydrogens is 342 g/mol. The molecule has 0 spiro atoms. The minimum absolute atomic E-state index is 0.0582. The van der Waals surface area contributed by atoms with Crippen LogP contribution in [0, 0.1) is 0 Å². The molecule has 0 aromatic heterocycles. The number of aliphatic hydroxyl groups excluding tert-OH is 1. The first-order valence-corrected chi connectivity index (χ1v) is 9.32. The fourth-order valence-corrected chi connectivity index (χ4v) is 2.73. The van der Waals surface area contributed by atoms with Gasteiger partial charge in [0.15, 0.2) is 0 Å². The maximum absolute atomic E-state index is 12.0. The van der Waals surface area contributed by atoms with Crippen molar-refractivity contribution in [2.75, 3.05) is 13.7 Å². The molecule has 1 unspecified atom stereocenters. The van der Waals surface area contributed by atoms with Crippen molar-refractivity contribution in [1.29, 1.82) is 0 Å². The van der Waals surface area contributed by atoms with E-state index in [-0.39, 0.29) is 18.6 Å². The Kier molecular flexibility index (Phi) is 8.14. The molecule has 2 N–H and O–H groups in total. The van der Waals surface area contributed by atoms with Crippen LogP contribution in [0.5, 0.6) is 11.5 Å². The summed E-state index contributed by atoms with van der Waals surface area (Å²) >= 11 is 0. The van der Waals surface area contributed by atoms with Crippen LogP contribution in [0.3, 0.4) is 0 Å². The van der Waals surface area contributed by atoms with Crippen molar-refractivity contribution < 1.29 is 19.4 Å². The maximum atomic E-state index is 12.0. The molecule has 0 bridgehead atoms. The number of ether oxygens (including phenoxy) is 2. The first-order chi connectivity index (χ1) is 13.0. The highest BCUT2D eigenvalue weighted by Gasteiger charge is 2.11. The van der Waals surface area contributed by atoms with Crippen LogP contribution in [0.4, 0.5) is 0 Å². The van der Waals surface area contributed by atoms with Gasteiger partial charge in [0.1, 0.15) is 11.5 Å². The van der Waals surface area contributed by atoms with Crippen LogP contribution in [0.15, 0.2) is 48.5 Å². The highest BCUT2D eigenvalue weighted by atomic mass is 16.5. The van der Waals surface area contributed by atoms with Gasteiger partial charge in [0, 0.05) is 13.0 Å². The Morgan fingerprint density at radius 2 is 1.85 bits per heavy atom. The molecule has 0 radical (unpaired) electrons. The Bertz CT molecular complexity index is 713. The number of nitrogens with one attached hydrogen (secondary N) is 1. The number of methoxy groups -OCH3 is 1. The van der Waals surface area contributed by atoms with Gasteiger partial charge in [-0.15, -0.1) is 0 Å². The molecule has 27 heavy (non-hydrogen) atoms. The summed E-state index contributed by atoms with van der Waals surface area (Å²) in [6.07, 6.45) is 1.32. The quantitative estimate of drug-likeness (QED) is 0.669. The standard InChI is InChI=1S/C22H29NO4/c1-16(2)27-20-8-5-7-18(14-20)21(24)15-23-22(25)9-4-6-17-10-12-19(26-3)13-11-17/h5,7-8,10-14,16,21,24H,4,6,9,15H2,1-3H3,(H,23,25). The van der Waals surface area contributed by atoms with E-state index >= 15 is 0 Å². The minimum atomic E-state index is -0.758. The summed E-state index contributed by atoms with van der Waals surface area (Å²) in [5, 5.41) is 13.1. The van der Waals surface area contributed by atoms with Crippen molar-refractivity contribution >= 4 is 5.91 Å². The van der Waals surface area contributed by atoms with Crippen molar-refractivity contribution in [3.8, 4) is 11.5 Å². The number of rotatable bonds is 10. The Balaban J connectivity index is 1.72. The summed E-state index contributed by atoms with van der Waals surface area (Å²) in [7, 11) is 1.64. The van der Waals surface area contributed by atoms with Gasteiger partial charge in [-0.1, -0.05) is 24.3 Å². The molecule has 0 aliphatic rings. The second-order valence-electron chi connectivity index (χ2n) is 6.76. The highest BCUT2D eigenvalue weighted by Crippen LogP contribution is 2.20. The Labute approximate surface area is 161 Å². The first kappa shape index (κ1) is 20.8. The third-order valence-corrected chi connectivity index (χ3v) is 4.14. The molecular formula is C22H29NO4. The zero-order chi connectivity index (χ0) is 19.6. The van der Waals surface area contributed by atoms with Crippen LogP contribution in [-0.4, -0.2) is 30.8 Å². The smallest absolute Gasteiger partial charge is 0.220 e. The number of aliphatic hydroxyl groups is 1. The molecule has 0 heterocycles. The molecule has 1 amide bonds. The molecule has 0 fully saturated rings. The van der Waals surface area contributed by atoms with Gasteiger partial charge >= 0.3 is 0 Å². The Morgan fingerprint density at radius 3 is 2.52 bits per heavy atom. The zero-order valence-electron chi connectivity index (χ0n) is 16.3. The summed E-state index contributed by atoms with van der Waals surface area (Å²) < 4.78 is 10.8. The average Bonchev–Trinajstić information content (AvgIpc) is 2.66. The van der Waals surface area contributed by atoms with Gasteiger partial charge in [0.05, 0.1) is 19.3 Å². The normalized spacial score (nSPS) is 11.9. The van der Waals surface area contributed by atoms with E-state index in [0.717, 1.165) is 24.2 Å². The van der Waals surface area contributed by atoms with E-state index < -0.39 is 6.10 Å². The van der Waals surface area contributed by atoms with Gasteiger partial charge in [0.2, 0.25) is 5.91 Å². The van der Waals surface area contributed by atoms with Gasteiger partial charge in [-0.3, -0.25) is 4.79 Å². The predicted octanol–water partition coefficient (Wildman–Crippen LogP) is 3.65. The summed E-state index contributed by atoms with van der Waals surface area (Å²) in [6.45, 7) is 4.09. The molecule has 146 valence electrons. The monoisotopic (exact) mass is 371 g/mol. The molecule has 2 aromatic rings. The maximum Gasteiger partial charge on any atom is 0.220 e. The fraction of sp³-hybridized carbons (Fsp3) is 0.409. The number of carbonyl (C=O) groups is 1. The number of hydrogen-bond donors (Lipinski definition) is 2. The lowest BCUT2D eigenvalue weighted by molar-refractivity contribution is -0.121. The van der Waals surface area contributed by atoms with Crippen LogP contribution in [-0.2, 0) is 11.2 Å². The van der Waals surface area contributed by atoms with E-state index in [1.807, 2.05) is 56.3 Å².